The number of amides is 1. The number of ether oxygens (including phenoxy) is 1. The summed E-state index contributed by atoms with van der Waals surface area (Å²) in [4.78, 5) is 41.1. The van der Waals surface area contributed by atoms with Crippen LogP contribution in [0.3, 0.4) is 0 Å². The van der Waals surface area contributed by atoms with Gasteiger partial charge in [0.15, 0.2) is 17.0 Å². The maximum absolute atomic E-state index is 12.6. The highest BCUT2D eigenvalue weighted by Crippen LogP contribution is 2.13. The first-order valence-electron chi connectivity index (χ1n) is 8.14. The number of fused-ring (bicyclic) bond motifs is 1. The van der Waals surface area contributed by atoms with E-state index in [1.807, 2.05) is 0 Å². The molecule has 10 nitrogen and oxygen atoms in total. The van der Waals surface area contributed by atoms with Crippen LogP contribution in [0.15, 0.2) is 30.6 Å². The van der Waals surface area contributed by atoms with Crippen molar-refractivity contribution >= 4 is 23.5 Å². The summed E-state index contributed by atoms with van der Waals surface area (Å²) in [5, 5.41) is 8.93. The number of halogens is 1. The second-order valence-corrected chi connectivity index (χ2v) is 5.76. The third-order valence-electron chi connectivity index (χ3n) is 3.81. The van der Waals surface area contributed by atoms with Crippen molar-refractivity contribution in [2.24, 2.45) is 11.5 Å². The molecule has 0 saturated carbocycles. The molecular formula is C18H18FN5O5. The summed E-state index contributed by atoms with van der Waals surface area (Å²) in [5.41, 5.74) is 11.2. The number of esters is 1. The summed E-state index contributed by atoms with van der Waals surface area (Å²) >= 11 is 0. The van der Waals surface area contributed by atoms with Gasteiger partial charge in [0.05, 0.1) is 7.11 Å². The molecule has 5 N–H and O–H groups in total. The summed E-state index contributed by atoms with van der Waals surface area (Å²) < 4.78 is 18.3. The van der Waals surface area contributed by atoms with E-state index in [4.69, 9.17) is 16.6 Å². The predicted molar refractivity (Wildman–Crippen MR) is 98.8 cm³/mol. The number of carbonyl (C=O) groups excluding carboxylic acids is 2. The molecule has 0 aliphatic rings. The molecule has 11 heteroatoms. The van der Waals surface area contributed by atoms with Crippen molar-refractivity contribution in [3.05, 3.63) is 64.6 Å². The van der Waals surface area contributed by atoms with Crippen molar-refractivity contribution in [3.63, 3.8) is 0 Å². The van der Waals surface area contributed by atoms with Gasteiger partial charge in [-0.05, 0) is 24.1 Å². The molecular weight excluding hydrogens is 385 g/mol. The Hall–Kier alpha value is -3.86. The monoisotopic (exact) mass is 403 g/mol. The van der Waals surface area contributed by atoms with E-state index < -0.39 is 23.5 Å². The van der Waals surface area contributed by atoms with Gasteiger partial charge in [-0.2, -0.15) is 0 Å². The van der Waals surface area contributed by atoms with Gasteiger partial charge < -0.3 is 21.3 Å². The first-order valence-corrected chi connectivity index (χ1v) is 8.14. The van der Waals surface area contributed by atoms with Crippen LogP contribution in [-0.4, -0.2) is 44.4 Å². The molecule has 0 aliphatic heterocycles. The van der Waals surface area contributed by atoms with Gasteiger partial charge in [-0.3, -0.25) is 9.20 Å². The third-order valence-corrected chi connectivity index (χ3v) is 3.81. The van der Waals surface area contributed by atoms with Crippen LogP contribution in [0, 0.1) is 12.7 Å². The lowest BCUT2D eigenvalue weighted by Gasteiger charge is -2.04. The van der Waals surface area contributed by atoms with E-state index in [2.05, 4.69) is 14.7 Å². The molecule has 2 heterocycles. The zero-order valence-corrected chi connectivity index (χ0v) is 15.5. The Bertz CT molecular complexity index is 1100. The Morgan fingerprint density at radius 3 is 2.48 bits per heavy atom. The predicted octanol–water partition coefficient (Wildman–Crippen LogP) is 0.906. The summed E-state index contributed by atoms with van der Waals surface area (Å²) in [7, 11) is 1.14. The smallest absolute Gasteiger partial charge is 0.355 e. The topological polar surface area (TPSA) is 163 Å². The van der Waals surface area contributed by atoms with E-state index in [0.29, 0.717) is 12.1 Å². The number of primary amides is 1. The van der Waals surface area contributed by atoms with E-state index in [9.17, 15) is 18.8 Å². The van der Waals surface area contributed by atoms with E-state index in [0.717, 1.165) is 29.5 Å². The van der Waals surface area contributed by atoms with Crippen LogP contribution in [0.5, 0.6) is 0 Å². The van der Waals surface area contributed by atoms with Crippen LogP contribution in [0.4, 0.5) is 4.39 Å². The highest BCUT2D eigenvalue weighted by Gasteiger charge is 2.21. The number of imidazole rings is 1. The normalized spacial score (nSPS) is 10.2. The molecule has 3 aromatic rings. The van der Waals surface area contributed by atoms with Crippen LogP contribution >= 0.6 is 0 Å². The minimum absolute atomic E-state index is 0.118. The van der Waals surface area contributed by atoms with Gasteiger partial charge in [0.1, 0.15) is 17.8 Å². The molecule has 152 valence electrons. The second-order valence-electron chi connectivity index (χ2n) is 5.76. The number of aryl methyl sites for hydroxylation is 1. The number of methoxy groups -OCH3 is 1. The molecule has 29 heavy (non-hydrogen) atoms. The van der Waals surface area contributed by atoms with Gasteiger partial charge in [0.25, 0.3) is 5.91 Å². The van der Waals surface area contributed by atoms with Crippen molar-refractivity contribution in [1.82, 2.24) is 14.4 Å². The molecule has 1 amide bonds. The third kappa shape index (κ3) is 4.71. The summed E-state index contributed by atoms with van der Waals surface area (Å²) in [6, 6.07) is 5.92. The first kappa shape index (κ1) is 21.4. The fourth-order valence-corrected chi connectivity index (χ4v) is 2.35. The van der Waals surface area contributed by atoms with Gasteiger partial charge in [-0.15, -0.1) is 0 Å². The Morgan fingerprint density at radius 2 is 1.97 bits per heavy atom. The van der Waals surface area contributed by atoms with E-state index in [1.165, 1.54) is 6.07 Å². The average molecular weight is 403 g/mol. The molecule has 3 rings (SSSR count). The molecule has 1 aromatic carbocycles. The number of rotatable bonds is 4. The van der Waals surface area contributed by atoms with Crippen molar-refractivity contribution in [1.29, 1.82) is 0 Å². The number of carboxylic acids is 1. The summed E-state index contributed by atoms with van der Waals surface area (Å²) in [6.07, 6.45) is 1.14. The van der Waals surface area contributed by atoms with Crippen LogP contribution in [0.1, 0.15) is 42.6 Å². The quantitative estimate of drug-likeness (QED) is 0.541. The van der Waals surface area contributed by atoms with Crippen LogP contribution in [0.2, 0.25) is 0 Å². The summed E-state index contributed by atoms with van der Waals surface area (Å²) in [5.74, 6) is -3.20. The number of hydrogen-bond donors (Lipinski definition) is 3. The summed E-state index contributed by atoms with van der Waals surface area (Å²) in [6.45, 7) is 2.20. The number of nitrogens with zero attached hydrogens (tertiary/aromatic N) is 3. The number of nitrogens with two attached hydrogens (primary N) is 2. The fourth-order valence-electron chi connectivity index (χ4n) is 2.35. The Kier molecular flexibility index (Phi) is 6.57. The number of aromatic nitrogens is 3. The SMILES string of the molecule is COC(=O)c1cc(C(=O)O)nc2c(C(N)=O)ncn12.Cc1cc(CN)ccc1F. The number of hydrogen-bond acceptors (Lipinski definition) is 7. The molecule has 0 unspecified atom stereocenters. The lowest BCUT2D eigenvalue weighted by atomic mass is 10.1. The Labute approximate surface area is 163 Å². The van der Waals surface area contributed by atoms with Crippen molar-refractivity contribution in [3.8, 4) is 0 Å². The molecule has 0 saturated heterocycles. The van der Waals surface area contributed by atoms with E-state index >= 15 is 0 Å². The van der Waals surface area contributed by atoms with Crippen molar-refractivity contribution in [2.45, 2.75) is 13.5 Å². The van der Waals surface area contributed by atoms with Gasteiger partial charge in [-0.25, -0.2) is 23.9 Å². The molecule has 2 aromatic heterocycles. The van der Waals surface area contributed by atoms with E-state index in [1.54, 1.807) is 19.1 Å². The maximum atomic E-state index is 12.6. The number of carbonyl (C=O) groups is 3. The highest BCUT2D eigenvalue weighted by molar-refractivity contribution is 5.99. The van der Waals surface area contributed by atoms with Gasteiger partial charge >= 0.3 is 11.9 Å². The zero-order chi connectivity index (χ0) is 21.7. The number of benzene rings is 1. The lowest BCUT2D eigenvalue weighted by molar-refractivity contribution is 0.0591. The molecule has 0 fully saturated rings. The Balaban J connectivity index is 0.000000253. The zero-order valence-electron chi connectivity index (χ0n) is 15.5. The van der Waals surface area contributed by atoms with Crippen LogP contribution < -0.4 is 11.5 Å². The van der Waals surface area contributed by atoms with Crippen LogP contribution in [0.25, 0.3) is 5.65 Å². The van der Waals surface area contributed by atoms with Gasteiger partial charge in [0, 0.05) is 12.6 Å². The Morgan fingerprint density at radius 1 is 1.28 bits per heavy atom. The molecule has 0 aliphatic carbocycles. The van der Waals surface area contributed by atoms with Gasteiger partial charge in [-0.1, -0.05) is 12.1 Å². The molecule has 0 radical (unpaired) electrons. The minimum Gasteiger partial charge on any atom is -0.477 e. The number of aromatic carboxylic acids is 1. The van der Waals surface area contributed by atoms with Crippen molar-refractivity contribution < 1.29 is 28.6 Å². The number of carboxylic acid groups (broad SMARTS) is 1. The second kappa shape index (κ2) is 8.89. The fraction of sp³-hybridized carbons (Fsp3) is 0.167. The first-order chi connectivity index (χ1) is 13.7. The van der Waals surface area contributed by atoms with Crippen LogP contribution in [-0.2, 0) is 11.3 Å². The standard InChI is InChI=1S/C10H8N4O5.C8H10FN/c1-19-10(18)5-2-4(9(16)17)13-8-6(7(11)15)12-3-14(5)8;1-6-4-7(5-10)2-3-8(6)9/h2-3H,1H3,(H2,11,15)(H,16,17);2-4H,5,10H2,1H3. The lowest BCUT2D eigenvalue weighted by Crippen LogP contribution is -2.15. The molecule has 0 bridgehead atoms. The minimum atomic E-state index is -1.36. The average Bonchev–Trinajstić information content (AvgIpc) is 3.13. The maximum Gasteiger partial charge on any atom is 0.355 e. The largest absolute Gasteiger partial charge is 0.477 e. The van der Waals surface area contributed by atoms with Crippen molar-refractivity contribution in [2.75, 3.05) is 7.11 Å². The van der Waals surface area contributed by atoms with E-state index in [-0.39, 0.29) is 22.9 Å². The van der Waals surface area contributed by atoms with Gasteiger partial charge in [0.2, 0.25) is 0 Å². The molecule has 0 spiro atoms. The molecule has 0 atom stereocenters. The highest BCUT2D eigenvalue weighted by atomic mass is 19.1.